The van der Waals surface area contributed by atoms with Crippen LogP contribution in [0.2, 0.25) is 0 Å². The van der Waals surface area contributed by atoms with E-state index in [1.54, 1.807) is 5.57 Å². The maximum atomic E-state index is 3.88. The molecule has 3 heteroatoms. The van der Waals surface area contributed by atoms with Crippen molar-refractivity contribution >= 4 is 0 Å². The number of allylic oxidation sites excluding steroid dienone is 1. The lowest BCUT2D eigenvalue weighted by atomic mass is 9.94. The molecule has 0 spiro atoms. The molecule has 1 heterocycles. The van der Waals surface area contributed by atoms with E-state index in [4.69, 9.17) is 0 Å². The van der Waals surface area contributed by atoms with Crippen LogP contribution in [-0.4, -0.2) is 62.2 Å². The highest BCUT2D eigenvalue weighted by atomic mass is 15.2. The molecule has 0 aromatic rings. The second kappa shape index (κ2) is 8.92. The maximum absolute atomic E-state index is 3.88. The van der Waals surface area contributed by atoms with E-state index >= 15 is 0 Å². The lowest BCUT2D eigenvalue weighted by Gasteiger charge is -2.36. The monoisotopic (exact) mass is 293 g/mol. The van der Waals surface area contributed by atoms with Crippen LogP contribution in [-0.2, 0) is 0 Å². The van der Waals surface area contributed by atoms with Crippen molar-refractivity contribution < 1.29 is 0 Å². The van der Waals surface area contributed by atoms with E-state index in [1.165, 1.54) is 64.6 Å². The summed E-state index contributed by atoms with van der Waals surface area (Å²) in [5.74, 6) is 0. The molecule has 0 bridgehead atoms. The van der Waals surface area contributed by atoms with Gasteiger partial charge in [-0.3, -0.25) is 0 Å². The van der Waals surface area contributed by atoms with E-state index in [0.29, 0.717) is 12.1 Å². The van der Waals surface area contributed by atoms with Gasteiger partial charge in [-0.2, -0.15) is 0 Å². The fourth-order valence-electron chi connectivity index (χ4n) is 3.80. The Morgan fingerprint density at radius 3 is 2.86 bits per heavy atom. The van der Waals surface area contributed by atoms with Crippen molar-refractivity contribution in [3.8, 4) is 0 Å². The molecule has 1 aliphatic carbocycles. The molecule has 21 heavy (non-hydrogen) atoms. The second-order valence-corrected chi connectivity index (χ2v) is 6.97. The predicted molar refractivity (Wildman–Crippen MR) is 91.8 cm³/mol. The van der Waals surface area contributed by atoms with Gasteiger partial charge in [-0.1, -0.05) is 25.0 Å². The fourth-order valence-corrected chi connectivity index (χ4v) is 3.80. The zero-order chi connectivity index (χ0) is 15.1. The molecular formula is C18H35N3. The predicted octanol–water partition coefficient (Wildman–Crippen LogP) is 2.88. The minimum absolute atomic E-state index is 0.550. The van der Waals surface area contributed by atoms with E-state index in [0.717, 1.165) is 6.54 Å². The first kappa shape index (κ1) is 17.0. The standard InChI is InChI=1S/C18H35N3/c1-4-12-19-18(16-10-7-5-6-8-11-16)17-15-20(2)13-9-14-21(17)3/h10,17-19H,4-9,11-15H2,1-3H3. The highest BCUT2D eigenvalue weighted by Crippen LogP contribution is 2.24. The van der Waals surface area contributed by atoms with Gasteiger partial charge in [0.1, 0.15) is 0 Å². The first-order valence-electron chi connectivity index (χ1n) is 9.03. The Morgan fingerprint density at radius 2 is 2.05 bits per heavy atom. The number of hydrogen-bond donors (Lipinski definition) is 1. The zero-order valence-corrected chi connectivity index (χ0v) is 14.4. The molecule has 3 nitrogen and oxygen atoms in total. The molecule has 0 aromatic heterocycles. The van der Waals surface area contributed by atoms with Crippen LogP contribution < -0.4 is 5.32 Å². The van der Waals surface area contributed by atoms with E-state index in [-0.39, 0.29) is 0 Å². The minimum atomic E-state index is 0.550. The molecule has 0 aromatic carbocycles. The van der Waals surface area contributed by atoms with Crippen LogP contribution in [0.1, 0.15) is 51.9 Å². The lowest BCUT2D eigenvalue weighted by molar-refractivity contribution is 0.189. The first-order chi connectivity index (χ1) is 10.2. The maximum Gasteiger partial charge on any atom is 0.0449 e. The largest absolute Gasteiger partial charge is 0.309 e. The Bertz CT molecular complexity index is 326. The molecule has 2 rings (SSSR count). The number of nitrogens with zero attached hydrogens (tertiary/aromatic N) is 2. The van der Waals surface area contributed by atoms with Gasteiger partial charge in [-0.15, -0.1) is 0 Å². The number of likely N-dealkylation sites (N-methyl/N-ethyl adjacent to an activating group) is 2. The Labute approximate surface area is 131 Å². The molecular weight excluding hydrogens is 258 g/mol. The molecule has 2 atom stereocenters. The normalized spacial score (nSPS) is 27.8. The van der Waals surface area contributed by atoms with Gasteiger partial charge in [-0.25, -0.2) is 0 Å². The Hall–Kier alpha value is -0.380. The molecule has 0 radical (unpaired) electrons. The van der Waals surface area contributed by atoms with Crippen molar-refractivity contribution in [1.29, 1.82) is 0 Å². The van der Waals surface area contributed by atoms with Crippen molar-refractivity contribution in [3.63, 3.8) is 0 Å². The molecule has 1 fully saturated rings. The number of nitrogens with one attached hydrogen (secondary N) is 1. The van der Waals surface area contributed by atoms with Gasteiger partial charge in [0.2, 0.25) is 0 Å². The van der Waals surface area contributed by atoms with Gasteiger partial charge in [0.25, 0.3) is 0 Å². The molecule has 1 saturated heterocycles. The van der Waals surface area contributed by atoms with Crippen molar-refractivity contribution in [1.82, 2.24) is 15.1 Å². The third-order valence-corrected chi connectivity index (χ3v) is 5.09. The topological polar surface area (TPSA) is 18.5 Å². The van der Waals surface area contributed by atoms with Crippen LogP contribution >= 0.6 is 0 Å². The summed E-state index contributed by atoms with van der Waals surface area (Å²) in [6.45, 7) is 7.06. The van der Waals surface area contributed by atoms with Gasteiger partial charge in [0.05, 0.1) is 0 Å². The quantitative estimate of drug-likeness (QED) is 0.786. The molecule has 122 valence electrons. The van der Waals surface area contributed by atoms with E-state index in [9.17, 15) is 0 Å². The summed E-state index contributed by atoms with van der Waals surface area (Å²) in [6.07, 6.45) is 11.8. The summed E-state index contributed by atoms with van der Waals surface area (Å²) in [5, 5.41) is 3.88. The van der Waals surface area contributed by atoms with Crippen molar-refractivity contribution in [2.24, 2.45) is 0 Å². The second-order valence-electron chi connectivity index (χ2n) is 6.97. The summed E-state index contributed by atoms with van der Waals surface area (Å²) >= 11 is 0. The van der Waals surface area contributed by atoms with Crippen LogP contribution in [0.15, 0.2) is 11.6 Å². The first-order valence-corrected chi connectivity index (χ1v) is 9.03. The van der Waals surface area contributed by atoms with Crippen LogP contribution in [0.3, 0.4) is 0 Å². The third kappa shape index (κ3) is 5.08. The molecule has 0 amide bonds. The van der Waals surface area contributed by atoms with E-state index in [1.807, 2.05) is 0 Å². The molecule has 1 aliphatic heterocycles. The Morgan fingerprint density at radius 1 is 1.19 bits per heavy atom. The summed E-state index contributed by atoms with van der Waals surface area (Å²) in [5.41, 5.74) is 1.69. The number of rotatable bonds is 5. The fraction of sp³-hybridized carbons (Fsp3) is 0.889. The van der Waals surface area contributed by atoms with Crippen LogP contribution in [0.4, 0.5) is 0 Å². The van der Waals surface area contributed by atoms with E-state index < -0.39 is 0 Å². The minimum Gasteiger partial charge on any atom is -0.309 e. The van der Waals surface area contributed by atoms with Gasteiger partial charge in [-0.05, 0) is 72.3 Å². The number of hydrogen-bond acceptors (Lipinski definition) is 3. The van der Waals surface area contributed by atoms with Gasteiger partial charge in [0.15, 0.2) is 0 Å². The summed E-state index contributed by atoms with van der Waals surface area (Å²) in [4.78, 5) is 5.12. The van der Waals surface area contributed by atoms with Crippen molar-refractivity contribution in [2.45, 2.75) is 64.0 Å². The van der Waals surface area contributed by atoms with E-state index in [2.05, 4.69) is 42.2 Å². The lowest BCUT2D eigenvalue weighted by Crippen LogP contribution is -2.53. The Kier molecular flexibility index (Phi) is 7.21. The third-order valence-electron chi connectivity index (χ3n) is 5.09. The van der Waals surface area contributed by atoms with Crippen LogP contribution in [0.25, 0.3) is 0 Å². The highest BCUT2D eigenvalue weighted by Gasteiger charge is 2.30. The van der Waals surface area contributed by atoms with Gasteiger partial charge >= 0.3 is 0 Å². The molecule has 2 unspecified atom stereocenters. The molecule has 2 aliphatic rings. The highest BCUT2D eigenvalue weighted by molar-refractivity contribution is 5.16. The van der Waals surface area contributed by atoms with Crippen LogP contribution in [0.5, 0.6) is 0 Å². The summed E-state index contributed by atoms with van der Waals surface area (Å²) < 4.78 is 0. The molecule has 1 N–H and O–H groups in total. The van der Waals surface area contributed by atoms with Crippen molar-refractivity contribution in [3.05, 3.63) is 11.6 Å². The summed E-state index contributed by atoms with van der Waals surface area (Å²) in [6, 6.07) is 1.17. The van der Waals surface area contributed by atoms with Crippen molar-refractivity contribution in [2.75, 3.05) is 40.3 Å². The Balaban J connectivity index is 2.13. The smallest absolute Gasteiger partial charge is 0.0449 e. The summed E-state index contributed by atoms with van der Waals surface area (Å²) in [7, 11) is 4.60. The average molecular weight is 293 g/mol. The SMILES string of the molecule is CCCNC(C1=CCCCCC1)C1CN(C)CCCN1C. The van der Waals surface area contributed by atoms with Crippen LogP contribution in [0, 0.1) is 0 Å². The zero-order valence-electron chi connectivity index (χ0n) is 14.4. The average Bonchev–Trinajstić information content (AvgIpc) is 2.82. The van der Waals surface area contributed by atoms with Gasteiger partial charge in [0, 0.05) is 18.6 Å². The van der Waals surface area contributed by atoms with Gasteiger partial charge < -0.3 is 15.1 Å². The molecule has 0 saturated carbocycles.